The van der Waals surface area contributed by atoms with Crippen LogP contribution in [0.4, 0.5) is 16.6 Å². The van der Waals surface area contributed by atoms with Crippen LogP contribution >= 0.6 is 11.3 Å². The number of anilines is 3. The zero-order valence-electron chi connectivity index (χ0n) is 15.4. The van der Waals surface area contributed by atoms with Crippen LogP contribution in [-0.2, 0) is 0 Å². The lowest BCUT2D eigenvalue weighted by Gasteiger charge is -2.36. The summed E-state index contributed by atoms with van der Waals surface area (Å²) in [5.74, 6) is 0.856. The molecule has 0 aliphatic carbocycles. The Morgan fingerprint density at radius 1 is 1.12 bits per heavy atom. The monoisotopic (exact) mass is 367 g/mol. The SMILES string of the molecule is CCCN1CCN(c2ccnc(Nc3nc4ccc(C)cc4s3)c2)CC1. The van der Waals surface area contributed by atoms with Gasteiger partial charge in [-0.15, -0.1) is 0 Å². The molecule has 136 valence electrons. The first-order valence-corrected chi connectivity index (χ1v) is 10.1. The van der Waals surface area contributed by atoms with E-state index in [4.69, 9.17) is 0 Å². The van der Waals surface area contributed by atoms with Gasteiger partial charge in [0, 0.05) is 44.1 Å². The van der Waals surface area contributed by atoms with Crippen LogP contribution in [0.25, 0.3) is 10.2 Å². The third-order valence-electron chi connectivity index (χ3n) is 4.80. The summed E-state index contributed by atoms with van der Waals surface area (Å²) in [6.07, 6.45) is 3.11. The molecule has 3 aromatic rings. The number of nitrogens with one attached hydrogen (secondary N) is 1. The zero-order valence-corrected chi connectivity index (χ0v) is 16.2. The number of hydrogen-bond donors (Lipinski definition) is 1. The summed E-state index contributed by atoms with van der Waals surface area (Å²) in [4.78, 5) is 14.1. The van der Waals surface area contributed by atoms with Crippen LogP contribution in [0, 0.1) is 6.92 Å². The summed E-state index contributed by atoms with van der Waals surface area (Å²) in [5.41, 5.74) is 3.52. The Labute approximate surface area is 158 Å². The van der Waals surface area contributed by atoms with Gasteiger partial charge in [-0.3, -0.25) is 4.90 Å². The van der Waals surface area contributed by atoms with Crippen LogP contribution in [0.1, 0.15) is 18.9 Å². The van der Waals surface area contributed by atoms with Crippen molar-refractivity contribution in [1.82, 2.24) is 14.9 Å². The van der Waals surface area contributed by atoms with Gasteiger partial charge in [-0.2, -0.15) is 0 Å². The minimum Gasteiger partial charge on any atom is -0.369 e. The van der Waals surface area contributed by atoms with Crippen molar-refractivity contribution in [3.63, 3.8) is 0 Å². The van der Waals surface area contributed by atoms with Crippen LogP contribution < -0.4 is 10.2 Å². The summed E-state index contributed by atoms with van der Waals surface area (Å²) >= 11 is 1.67. The van der Waals surface area contributed by atoms with Crippen molar-refractivity contribution in [3.05, 3.63) is 42.1 Å². The first-order valence-electron chi connectivity index (χ1n) is 9.29. The fourth-order valence-corrected chi connectivity index (χ4v) is 4.40. The lowest BCUT2D eigenvalue weighted by Crippen LogP contribution is -2.46. The van der Waals surface area contributed by atoms with Crippen LogP contribution in [0.15, 0.2) is 36.5 Å². The molecule has 4 rings (SSSR count). The van der Waals surface area contributed by atoms with E-state index in [0.717, 1.165) is 42.6 Å². The molecule has 1 aliphatic rings. The Balaban J connectivity index is 1.47. The number of fused-ring (bicyclic) bond motifs is 1. The number of rotatable bonds is 5. The van der Waals surface area contributed by atoms with Gasteiger partial charge in [-0.25, -0.2) is 9.97 Å². The predicted octanol–water partition coefficient (Wildman–Crippen LogP) is 4.28. The number of benzene rings is 1. The Morgan fingerprint density at radius 3 is 2.77 bits per heavy atom. The average Bonchev–Trinajstić information content (AvgIpc) is 3.04. The summed E-state index contributed by atoms with van der Waals surface area (Å²) in [6, 6.07) is 10.6. The van der Waals surface area contributed by atoms with Crippen LogP contribution in [0.3, 0.4) is 0 Å². The van der Waals surface area contributed by atoms with Gasteiger partial charge in [0.15, 0.2) is 5.13 Å². The van der Waals surface area contributed by atoms with E-state index in [9.17, 15) is 0 Å². The maximum atomic E-state index is 4.67. The number of piperazine rings is 1. The normalized spacial score (nSPS) is 15.5. The third kappa shape index (κ3) is 3.81. The van der Waals surface area contributed by atoms with E-state index in [-0.39, 0.29) is 0 Å². The van der Waals surface area contributed by atoms with Crippen molar-refractivity contribution in [2.24, 2.45) is 0 Å². The Hall–Kier alpha value is -2.18. The van der Waals surface area contributed by atoms with Crippen molar-refractivity contribution in [2.45, 2.75) is 20.3 Å². The Morgan fingerprint density at radius 2 is 1.96 bits per heavy atom. The largest absolute Gasteiger partial charge is 0.369 e. The van der Waals surface area contributed by atoms with Gasteiger partial charge >= 0.3 is 0 Å². The quantitative estimate of drug-likeness (QED) is 0.729. The highest BCUT2D eigenvalue weighted by molar-refractivity contribution is 7.22. The molecule has 0 saturated carbocycles. The smallest absolute Gasteiger partial charge is 0.189 e. The minimum atomic E-state index is 0.856. The molecule has 1 aliphatic heterocycles. The zero-order chi connectivity index (χ0) is 17.9. The van der Waals surface area contributed by atoms with Gasteiger partial charge in [-0.1, -0.05) is 24.3 Å². The van der Waals surface area contributed by atoms with Crippen LogP contribution in [0.2, 0.25) is 0 Å². The Kier molecular flexibility index (Phi) is 5.04. The molecule has 2 aromatic heterocycles. The van der Waals surface area contributed by atoms with E-state index in [1.54, 1.807) is 11.3 Å². The first-order chi connectivity index (χ1) is 12.7. The second-order valence-corrected chi connectivity index (χ2v) is 7.87. The predicted molar refractivity (Wildman–Crippen MR) is 111 cm³/mol. The van der Waals surface area contributed by atoms with Gasteiger partial charge in [0.1, 0.15) is 5.82 Å². The molecular weight excluding hydrogens is 342 g/mol. The van der Waals surface area contributed by atoms with E-state index < -0.39 is 0 Å². The van der Waals surface area contributed by atoms with Crippen molar-refractivity contribution < 1.29 is 0 Å². The van der Waals surface area contributed by atoms with E-state index in [2.05, 4.69) is 69.3 Å². The highest BCUT2D eigenvalue weighted by Gasteiger charge is 2.17. The summed E-state index contributed by atoms with van der Waals surface area (Å²) in [5, 5.41) is 4.27. The van der Waals surface area contributed by atoms with Crippen molar-refractivity contribution >= 4 is 38.2 Å². The highest BCUT2D eigenvalue weighted by atomic mass is 32.1. The standard InChI is InChI=1S/C20H25N5S/c1-3-8-24-9-11-25(12-10-24)16-6-7-21-19(14-16)23-20-22-17-5-4-15(2)13-18(17)26-20/h4-7,13-14H,3,8-12H2,1-2H3,(H,21,22,23). The third-order valence-corrected chi connectivity index (χ3v) is 5.73. The van der Waals surface area contributed by atoms with Gasteiger partial charge in [0.2, 0.25) is 0 Å². The lowest BCUT2D eigenvalue weighted by molar-refractivity contribution is 0.258. The van der Waals surface area contributed by atoms with E-state index >= 15 is 0 Å². The van der Waals surface area contributed by atoms with Crippen LogP contribution in [0.5, 0.6) is 0 Å². The average molecular weight is 368 g/mol. The molecule has 6 heteroatoms. The maximum Gasteiger partial charge on any atom is 0.189 e. The molecule has 1 saturated heterocycles. The molecule has 3 heterocycles. The number of nitrogens with zero attached hydrogens (tertiary/aromatic N) is 4. The molecule has 1 aromatic carbocycles. The molecule has 0 bridgehead atoms. The molecule has 0 radical (unpaired) electrons. The lowest BCUT2D eigenvalue weighted by atomic mass is 10.2. The first kappa shape index (κ1) is 17.2. The van der Waals surface area contributed by atoms with Gasteiger partial charge in [0.05, 0.1) is 10.2 Å². The van der Waals surface area contributed by atoms with Crippen molar-refractivity contribution in [2.75, 3.05) is 42.9 Å². The summed E-state index contributed by atoms with van der Waals surface area (Å²) < 4.78 is 1.20. The molecule has 1 fully saturated rings. The van der Waals surface area contributed by atoms with Gasteiger partial charge in [0.25, 0.3) is 0 Å². The summed E-state index contributed by atoms with van der Waals surface area (Å²) in [6.45, 7) is 9.97. The maximum absolute atomic E-state index is 4.67. The molecular formula is C20H25N5S. The number of pyridine rings is 1. The number of thiazole rings is 1. The molecule has 0 atom stereocenters. The fraction of sp³-hybridized carbons (Fsp3) is 0.400. The summed E-state index contributed by atoms with van der Waals surface area (Å²) in [7, 11) is 0. The molecule has 0 spiro atoms. The second-order valence-electron chi connectivity index (χ2n) is 6.84. The highest BCUT2D eigenvalue weighted by Crippen LogP contribution is 2.29. The second kappa shape index (κ2) is 7.60. The topological polar surface area (TPSA) is 44.3 Å². The number of aromatic nitrogens is 2. The minimum absolute atomic E-state index is 0.856. The molecule has 5 nitrogen and oxygen atoms in total. The Bertz CT molecular complexity index is 883. The van der Waals surface area contributed by atoms with Crippen molar-refractivity contribution in [3.8, 4) is 0 Å². The molecule has 26 heavy (non-hydrogen) atoms. The van der Waals surface area contributed by atoms with Crippen LogP contribution in [-0.4, -0.2) is 47.6 Å². The molecule has 0 amide bonds. The van der Waals surface area contributed by atoms with Gasteiger partial charge in [-0.05, 0) is 43.7 Å². The van der Waals surface area contributed by atoms with Crippen molar-refractivity contribution in [1.29, 1.82) is 0 Å². The van der Waals surface area contributed by atoms with Gasteiger partial charge < -0.3 is 10.2 Å². The van der Waals surface area contributed by atoms with E-state index in [1.807, 2.05) is 6.20 Å². The molecule has 0 unspecified atom stereocenters. The number of aryl methyl sites for hydroxylation is 1. The number of hydrogen-bond acceptors (Lipinski definition) is 6. The molecule has 1 N–H and O–H groups in total. The van der Waals surface area contributed by atoms with E-state index in [1.165, 1.54) is 28.9 Å². The van der Waals surface area contributed by atoms with E-state index in [0.29, 0.717) is 0 Å². The fourth-order valence-electron chi connectivity index (χ4n) is 3.43.